The number of anilines is 1. The Bertz CT molecular complexity index is 445. The topological polar surface area (TPSA) is 29.3 Å². The van der Waals surface area contributed by atoms with Gasteiger partial charge in [0.1, 0.15) is 0 Å². The van der Waals surface area contributed by atoms with Crippen molar-refractivity contribution in [1.82, 2.24) is 0 Å². The van der Waals surface area contributed by atoms with E-state index in [1.165, 1.54) is 0 Å². The average molecular weight is 286 g/mol. The van der Waals surface area contributed by atoms with E-state index in [-0.39, 0.29) is 19.0 Å². The molecule has 0 radical (unpaired) electrons. The smallest absolute Gasteiger partial charge is 0.371 e. The van der Waals surface area contributed by atoms with Crippen LogP contribution in [0.4, 0.5) is 18.9 Å². The molecule has 0 amide bonds. The third-order valence-corrected chi connectivity index (χ3v) is 4.00. The molecule has 1 fully saturated rings. The number of halogens is 3. The minimum Gasteiger partial charge on any atom is -0.371 e. The maximum atomic E-state index is 12.9. The summed E-state index contributed by atoms with van der Waals surface area (Å²) in [5.41, 5.74) is 7.87. The fraction of sp³-hybridized carbons (Fsp3) is 0.600. The number of para-hydroxylation sites is 1. The first-order valence-corrected chi connectivity index (χ1v) is 7.09. The van der Waals surface area contributed by atoms with Crippen molar-refractivity contribution in [2.45, 2.75) is 38.4 Å². The Morgan fingerprint density at radius 1 is 1.35 bits per heavy atom. The van der Waals surface area contributed by atoms with Crippen LogP contribution in [-0.2, 0) is 0 Å². The van der Waals surface area contributed by atoms with Gasteiger partial charge in [-0.25, -0.2) is 0 Å². The molecule has 1 aliphatic heterocycles. The number of piperidine rings is 1. The Morgan fingerprint density at radius 2 is 2.05 bits per heavy atom. The van der Waals surface area contributed by atoms with Crippen molar-refractivity contribution in [2.24, 2.45) is 11.7 Å². The molecule has 1 aromatic rings. The van der Waals surface area contributed by atoms with Crippen molar-refractivity contribution in [3.8, 4) is 0 Å². The SMILES string of the molecule is CC[C@H](N)c1ccccc1N1CCCC(C(F)(F)F)C1. The lowest BCUT2D eigenvalue weighted by atomic mass is 9.95. The van der Waals surface area contributed by atoms with E-state index in [9.17, 15) is 13.2 Å². The van der Waals surface area contributed by atoms with Crippen LogP contribution in [0.5, 0.6) is 0 Å². The zero-order valence-electron chi connectivity index (χ0n) is 11.7. The molecule has 1 unspecified atom stereocenters. The van der Waals surface area contributed by atoms with Gasteiger partial charge in [-0.3, -0.25) is 0 Å². The molecule has 2 rings (SSSR count). The van der Waals surface area contributed by atoms with Crippen LogP contribution in [0.3, 0.4) is 0 Å². The second-order valence-corrected chi connectivity index (χ2v) is 5.40. The average Bonchev–Trinajstić information content (AvgIpc) is 2.45. The normalized spacial score (nSPS) is 21.9. The van der Waals surface area contributed by atoms with Gasteiger partial charge in [0.25, 0.3) is 0 Å². The maximum absolute atomic E-state index is 12.9. The van der Waals surface area contributed by atoms with Gasteiger partial charge in [-0.05, 0) is 30.9 Å². The Labute approximate surface area is 117 Å². The largest absolute Gasteiger partial charge is 0.393 e. The molecule has 1 aromatic carbocycles. The fourth-order valence-electron chi connectivity index (χ4n) is 2.77. The fourth-order valence-corrected chi connectivity index (χ4v) is 2.77. The monoisotopic (exact) mass is 286 g/mol. The number of alkyl halides is 3. The van der Waals surface area contributed by atoms with Crippen LogP contribution in [0, 0.1) is 5.92 Å². The van der Waals surface area contributed by atoms with E-state index in [1.54, 1.807) is 0 Å². The molecule has 0 aromatic heterocycles. The first-order chi connectivity index (χ1) is 9.43. The highest BCUT2D eigenvalue weighted by Gasteiger charge is 2.42. The van der Waals surface area contributed by atoms with Gasteiger partial charge in [0.05, 0.1) is 5.92 Å². The first kappa shape index (κ1) is 15.2. The van der Waals surface area contributed by atoms with E-state index in [1.807, 2.05) is 36.1 Å². The summed E-state index contributed by atoms with van der Waals surface area (Å²) < 4.78 is 38.7. The second kappa shape index (κ2) is 6.04. The second-order valence-electron chi connectivity index (χ2n) is 5.40. The molecule has 5 heteroatoms. The molecule has 2 atom stereocenters. The summed E-state index contributed by atoms with van der Waals surface area (Å²) in [4.78, 5) is 1.84. The van der Waals surface area contributed by atoms with Gasteiger partial charge < -0.3 is 10.6 Å². The molecule has 0 aliphatic carbocycles. The van der Waals surface area contributed by atoms with Crippen molar-refractivity contribution < 1.29 is 13.2 Å². The maximum Gasteiger partial charge on any atom is 0.393 e. The van der Waals surface area contributed by atoms with Crippen LogP contribution < -0.4 is 10.6 Å². The lowest BCUT2D eigenvalue weighted by Crippen LogP contribution is -2.42. The minimum atomic E-state index is -4.11. The Balaban J connectivity index is 2.23. The zero-order chi connectivity index (χ0) is 14.8. The van der Waals surface area contributed by atoms with E-state index in [4.69, 9.17) is 5.73 Å². The van der Waals surface area contributed by atoms with Gasteiger partial charge >= 0.3 is 6.18 Å². The predicted octanol–water partition coefficient (Wildman–Crippen LogP) is 3.88. The van der Waals surface area contributed by atoms with Gasteiger partial charge in [0.15, 0.2) is 0 Å². The van der Waals surface area contributed by atoms with Crippen molar-refractivity contribution in [3.63, 3.8) is 0 Å². The minimum absolute atomic E-state index is 0.0386. The molecule has 1 saturated heterocycles. The quantitative estimate of drug-likeness (QED) is 0.913. The summed E-state index contributed by atoms with van der Waals surface area (Å²) in [5, 5.41) is 0. The van der Waals surface area contributed by atoms with Crippen molar-refractivity contribution >= 4 is 5.69 Å². The van der Waals surface area contributed by atoms with Crippen LogP contribution in [-0.4, -0.2) is 19.3 Å². The molecule has 1 aliphatic rings. The van der Waals surface area contributed by atoms with Crippen molar-refractivity contribution in [1.29, 1.82) is 0 Å². The molecule has 112 valence electrons. The summed E-state index contributed by atoms with van der Waals surface area (Å²) >= 11 is 0. The van der Waals surface area contributed by atoms with Crippen molar-refractivity contribution in [2.75, 3.05) is 18.0 Å². The van der Waals surface area contributed by atoms with Crippen LogP contribution in [0.15, 0.2) is 24.3 Å². The van der Waals surface area contributed by atoms with E-state index in [2.05, 4.69) is 0 Å². The molecule has 0 spiro atoms. The molecule has 20 heavy (non-hydrogen) atoms. The van der Waals surface area contributed by atoms with E-state index in [0.29, 0.717) is 13.0 Å². The third kappa shape index (κ3) is 3.26. The van der Waals surface area contributed by atoms with Gasteiger partial charge in [0, 0.05) is 24.8 Å². The zero-order valence-corrected chi connectivity index (χ0v) is 11.7. The van der Waals surface area contributed by atoms with Gasteiger partial charge in [-0.2, -0.15) is 13.2 Å². The Morgan fingerprint density at radius 3 is 2.70 bits per heavy atom. The van der Waals surface area contributed by atoms with E-state index < -0.39 is 12.1 Å². The van der Waals surface area contributed by atoms with Gasteiger partial charge in [0.2, 0.25) is 0 Å². The standard InChI is InChI=1S/C15H21F3N2/c1-2-13(19)12-7-3-4-8-14(12)20-9-5-6-11(10-20)15(16,17)18/h3-4,7-8,11,13H,2,5-6,9-10,19H2,1H3/t11?,13-/m0/s1. The molecule has 2 N–H and O–H groups in total. The first-order valence-electron chi connectivity index (χ1n) is 7.09. The number of nitrogens with two attached hydrogens (primary N) is 1. The molecular weight excluding hydrogens is 265 g/mol. The molecule has 2 nitrogen and oxygen atoms in total. The van der Waals surface area contributed by atoms with Gasteiger partial charge in [-0.15, -0.1) is 0 Å². The predicted molar refractivity (Wildman–Crippen MR) is 74.7 cm³/mol. The summed E-state index contributed by atoms with van der Waals surface area (Å²) in [6.45, 7) is 2.69. The Hall–Kier alpha value is -1.23. The molecule has 0 saturated carbocycles. The molecule has 0 bridgehead atoms. The summed E-state index contributed by atoms with van der Waals surface area (Å²) in [6.07, 6.45) is -2.55. The van der Waals surface area contributed by atoms with Crippen molar-refractivity contribution in [3.05, 3.63) is 29.8 Å². The summed E-state index contributed by atoms with van der Waals surface area (Å²) in [6, 6.07) is 7.42. The molecule has 1 heterocycles. The van der Waals surface area contributed by atoms with E-state index >= 15 is 0 Å². The number of rotatable bonds is 3. The Kier molecular flexibility index (Phi) is 4.58. The highest BCUT2D eigenvalue weighted by Crippen LogP contribution is 2.36. The lowest BCUT2D eigenvalue weighted by molar-refractivity contribution is -0.176. The third-order valence-electron chi connectivity index (χ3n) is 4.00. The van der Waals surface area contributed by atoms with Crippen LogP contribution in [0.1, 0.15) is 37.8 Å². The van der Waals surface area contributed by atoms with Crippen LogP contribution in [0.2, 0.25) is 0 Å². The van der Waals surface area contributed by atoms with Gasteiger partial charge in [-0.1, -0.05) is 25.1 Å². The summed E-state index contributed by atoms with van der Waals surface area (Å²) in [5.74, 6) is -1.23. The molecular formula is C15H21F3N2. The lowest BCUT2D eigenvalue weighted by Gasteiger charge is -2.36. The highest BCUT2D eigenvalue weighted by atomic mass is 19.4. The van der Waals surface area contributed by atoms with E-state index in [0.717, 1.165) is 17.7 Å². The number of hydrogen-bond donors (Lipinski definition) is 1. The van der Waals surface area contributed by atoms with Crippen LogP contribution >= 0.6 is 0 Å². The number of nitrogens with zero attached hydrogens (tertiary/aromatic N) is 1. The number of benzene rings is 1. The summed E-state index contributed by atoms with van der Waals surface area (Å²) in [7, 11) is 0. The highest BCUT2D eigenvalue weighted by molar-refractivity contribution is 5.55. The van der Waals surface area contributed by atoms with Crippen LogP contribution in [0.25, 0.3) is 0 Å². The number of hydrogen-bond acceptors (Lipinski definition) is 2.